The maximum atomic E-state index is 11.8. The van der Waals surface area contributed by atoms with Crippen molar-refractivity contribution in [1.29, 1.82) is 0 Å². The van der Waals surface area contributed by atoms with Crippen LogP contribution in [0.15, 0.2) is 36.5 Å². The number of rotatable bonds is 5. The van der Waals surface area contributed by atoms with E-state index >= 15 is 0 Å². The van der Waals surface area contributed by atoms with Crippen LogP contribution >= 0.6 is 0 Å². The molecule has 1 heterocycles. The van der Waals surface area contributed by atoms with Gasteiger partial charge in [0, 0.05) is 11.8 Å². The highest BCUT2D eigenvalue weighted by Gasteiger charge is 2.12. The van der Waals surface area contributed by atoms with Crippen molar-refractivity contribution in [2.75, 3.05) is 24.8 Å². The topological polar surface area (TPSA) is 86.5 Å². The minimum atomic E-state index is -0.467. The van der Waals surface area contributed by atoms with E-state index in [4.69, 9.17) is 15.2 Å². The molecule has 0 saturated carbocycles. The lowest BCUT2D eigenvalue weighted by Gasteiger charge is -2.10. The predicted octanol–water partition coefficient (Wildman–Crippen LogP) is 2.59. The van der Waals surface area contributed by atoms with Gasteiger partial charge in [-0.15, -0.1) is 0 Å². The smallest absolute Gasteiger partial charge is 0.340 e. The maximum absolute atomic E-state index is 11.8. The Balaban J connectivity index is 2.24. The van der Waals surface area contributed by atoms with E-state index in [1.165, 1.54) is 6.20 Å². The number of hydrogen-bond donors (Lipinski definition) is 2. The van der Waals surface area contributed by atoms with E-state index in [9.17, 15) is 4.79 Å². The summed E-state index contributed by atoms with van der Waals surface area (Å²) < 4.78 is 10.1. The van der Waals surface area contributed by atoms with Crippen LogP contribution in [-0.4, -0.2) is 24.7 Å². The normalized spacial score (nSPS) is 10.0. The second kappa shape index (κ2) is 6.60. The largest absolute Gasteiger partial charge is 0.497 e. The number of carbonyl (C=O) groups excluding carboxylic acids is 1. The van der Waals surface area contributed by atoms with Crippen molar-refractivity contribution in [2.45, 2.75) is 6.92 Å². The molecule has 1 aromatic carbocycles. The number of nitrogen functional groups attached to an aromatic ring is 1. The average Bonchev–Trinajstić information content (AvgIpc) is 2.49. The van der Waals surface area contributed by atoms with Crippen LogP contribution in [0.3, 0.4) is 0 Å². The van der Waals surface area contributed by atoms with E-state index < -0.39 is 5.97 Å². The average molecular weight is 287 g/mol. The molecule has 6 heteroatoms. The van der Waals surface area contributed by atoms with Crippen molar-refractivity contribution in [3.63, 3.8) is 0 Å². The zero-order valence-electron chi connectivity index (χ0n) is 11.9. The minimum absolute atomic E-state index is 0.282. The summed E-state index contributed by atoms with van der Waals surface area (Å²) in [6, 6.07) is 8.94. The predicted molar refractivity (Wildman–Crippen MR) is 80.9 cm³/mol. The van der Waals surface area contributed by atoms with Gasteiger partial charge in [-0.1, -0.05) is 6.07 Å². The van der Waals surface area contributed by atoms with Crippen LogP contribution < -0.4 is 15.8 Å². The van der Waals surface area contributed by atoms with Crippen LogP contribution in [0.4, 0.5) is 17.2 Å². The molecule has 0 fully saturated rings. The molecule has 1 aromatic heterocycles. The summed E-state index contributed by atoms with van der Waals surface area (Å²) in [5.74, 6) is 0.757. The molecule has 0 unspecified atom stereocenters. The molecular weight excluding hydrogens is 270 g/mol. The van der Waals surface area contributed by atoms with Gasteiger partial charge in [0.25, 0.3) is 0 Å². The Hall–Kier alpha value is -2.76. The third-order valence-corrected chi connectivity index (χ3v) is 2.77. The zero-order valence-corrected chi connectivity index (χ0v) is 11.9. The first-order chi connectivity index (χ1) is 10.1. The number of hydrogen-bond acceptors (Lipinski definition) is 6. The van der Waals surface area contributed by atoms with E-state index in [2.05, 4.69) is 10.3 Å². The lowest BCUT2D eigenvalue weighted by Crippen LogP contribution is -2.09. The number of aromatic nitrogens is 1. The van der Waals surface area contributed by atoms with E-state index in [1.807, 2.05) is 24.3 Å². The molecule has 6 nitrogen and oxygen atoms in total. The molecule has 0 aliphatic heterocycles. The summed E-state index contributed by atoms with van der Waals surface area (Å²) in [7, 11) is 1.60. The fourth-order valence-electron chi connectivity index (χ4n) is 1.77. The summed E-state index contributed by atoms with van der Waals surface area (Å²) in [6.45, 7) is 2.03. The number of esters is 1. The standard InChI is InChI=1S/C15H17N3O3/c1-3-21-15(19)12-8-14(17-9-13(12)16)18-10-5-4-6-11(7-10)20-2/h4-9H,3,16H2,1-2H3,(H,17,18). The van der Waals surface area contributed by atoms with Gasteiger partial charge in [-0.25, -0.2) is 9.78 Å². The van der Waals surface area contributed by atoms with Crippen molar-refractivity contribution in [3.8, 4) is 5.75 Å². The van der Waals surface area contributed by atoms with Gasteiger partial charge in [-0.2, -0.15) is 0 Å². The molecular formula is C15H17N3O3. The Morgan fingerprint density at radius 2 is 2.19 bits per heavy atom. The summed E-state index contributed by atoms with van der Waals surface area (Å²) in [5.41, 5.74) is 7.11. The quantitative estimate of drug-likeness (QED) is 0.822. The van der Waals surface area contributed by atoms with Crippen molar-refractivity contribution in [1.82, 2.24) is 4.98 Å². The molecule has 0 amide bonds. The van der Waals surface area contributed by atoms with E-state index in [-0.39, 0.29) is 11.3 Å². The molecule has 0 bridgehead atoms. The van der Waals surface area contributed by atoms with Gasteiger partial charge in [0.2, 0.25) is 0 Å². The van der Waals surface area contributed by atoms with Crippen molar-refractivity contribution >= 4 is 23.2 Å². The van der Waals surface area contributed by atoms with Gasteiger partial charge in [-0.3, -0.25) is 0 Å². The Morgan fingerprint density at radius 1 is 1.38 bits per heavy atom. The minimum Gasteiger partial charge on any atom is -0.497 e. The number of ether oxygens (including phenoxy) is 2. The molecule has 0 radical (unpaired) electrons. The molecule has 0 spiro atoms. The fraction of sp³-hybridized carbons (Fsp3) is 0.200. The Bertz CT molecular complexity index is 644. The van der Waals surface area contributed by atoms with Crippen LogP contribution in [0.2, 0.25) is 0 Å². The molecule has 2 aromatic rings. The summed E-state index contributed by atoms with van der Waals surface area (Å²) in [6.07, 6.45) is 1.43. The van der Waals surface area contributed by atoms with Gasteiger partial charge < -0.3 is 20.5 Å². The number of anilines is 3. The van der Waals surface area contributed by atoms with E-state index in [0.717, 1.165) is 11.4 Å². The molecule has 0 atom stereocenters. The third kappa shape index (κ3) is 3.62. The fourth-order valence-corrected chi connectivity index (χ4v) is 1.77. The summed E-state index contributed by atoms with van der Waals surface area (Å²) in [4.78, 5) is 15.9. The van der Waals surface area contributed by atoms with Gasteiger partial charge in [0.15, 0.2) is 0 Å². The van der Waals surface area contributed by atoms with Crippen LogP contribution in [0, 0.1) is 0 Å². The number of methoxy groups -OCH3 is 1. The Kier molecular flexibility index (Phi) is 4.61. The zero-order chi connectivity index (χ0) is 15.2. The highest BCUT2D eigenvalue weighted by molar-refractivity contribution is 5.95. The molecule has 3 N–H and O–H groups in total. The highest BCUT2D eigenvalue weighted by Crippen LogP contribution is 2.22. The molecule has 21 heavy (non-hydrogen) atoms. The number of benzene rings is 1. The van der Waals surface area contributed by atoms with Gasteiger partial charge in [0.1, 0.15) is 11.6 Å². The molecule has 2 rings (SSSR count). The molecule has 0 saturated heterocycles. The first kappa shape index (κ1) is 14.6. The Morgan fingerprint density at radius 3 is 2.90 bits per heavy atom. The van der Waals surface area contributed by atoms with Crippen LogP contribution in [0.5, 0.6) is 5.75 Å². The number of pyridine rings is 1. The second-order valence-corrected chi connectivity index (χ2v) is 4.23. The van der Waals surface area contributed by atoms with E-state index in [0.29, 0.717) is 12.4 Å². The van der Waals surface area contributed by atoms with Crippen molar-refractivity contribution < 1.29 is 14.3 Å². The third-order valence-electron chi connectivity index (χ3n) is 2.77. The lowest BCUT2D eigenvalue weighted by atomic mass is 10.2. The first-order valence-corrected chi connectivity index (χ1v) is 6.47. The lowest BCUT2D eigenvalue weighted by molar-refractivity contribution is 0.0527. The second-order valence-electron chi connectivity index (χ2n) is 4.23. The molecule has 0 aliphatic rings. The molecule has 0 aliphatic carbocycles. The highest BCUT2D eigenvalue weighted by atomic mass is 16.5. The maximum Gasteiger partial charge on any atom is 0.340 e. The van der Waals surface area contributed by atoms with Crippen molar-refractivity contribution in [3.05, 3.63) is 42.1 Å². The van der Waals surface area contributed by atoms with Crippen LogP contribution in [0.25, 0.3) is 0 Å². The molecule has 110 valence electrons. The van der Waals surface area contributed by atoms with Gasteiger partial charge in [0.05, 0.1) is 31.2 Å². The SMILES string of the molecule is CCOC(=O)c1cc(Nc2cccc(OC)c2)ncc1N. The van der Waals surface area contributed by atoms with Crippen molar-refractivity contribution in [2.24, 2.45) is 0 Å². The van der Waals surface area contributed by atoms with E-state index in [1.54, 1.807) is 20.1 Å². The summed E-state index contributed by atoms with van der Waals surface area (Å²) in [5, 5.41) is 3.09. The van der Waals surface area contributed by atoms with Crippen LogP contribution in [0.1, 0.15) is 17.3 Å². The van der Waals surface area contributed by atoms with Gasteiger partial charge >= 0.3 is 5.97 Å². The first-order valence-electron chi connectivity index (χ1n) is 6.47. The monoisotopic (exact) mass is 287 g/mol. The summed E-state index contributed by atoms with van der Waals surface area (Å²) >= 11 is 0. The van der Waals surface area contributed by atoms with Crippen LogP contribution in [-0.2, 0) is 4.74 Å². The number of nitrogens with two attached hydrogens (primary N) is 1. The Labute approximate surface area is 122 Å². The number of nitrogens with one attached hydrogen (secondary N) is 1. The number of nitrogens with zero attached hydrogens (tertiary/aromatic N) is 1. The number of carbonyl (C=O) groups is 1. The van der Waals surface area contributed by atoms with Gasteiger partial charge in [-0.05, 0) is 25.1 Å².